The van der Waals surface area contributed by atoms with E-state index in [1.165, 1.54) is 0 Å². The van der Waals surface area contributed by atoms with Crippen LogP contribution >= 0.6 is 0 Å². The minimum atomic E-state index is -0.949. The van der Waals surface area contributed by atoms with Crippen LogP contribution in [0.25, 0.3) is 0 Å². The maximum absolute atomic E-state index is 11.0. The largest absolute Gasteiger partial charge is 0.382 e. The van der Waals surface area contributed by atoms with E-state index in [-0.39, 0.29) is 11.8 Å². The second kappa shape index (κ2) is 3.14. The maximum atomic E-state index is 11.0. The van der Waals surface area contributed by atoms with Gasteiger partial charge in [0.25, 0.3) is 0 Å². The summed E-state index contributed by atoms with van der Waals surface area (Å²) in [6.07, 6.45) is 0.708. The van der Waals surface area contributed by atoms with Crippen molar-refractivity contribution in [1.82, 2.24) is 10.3 Å². The molecule has 0 aliphatic carbocycles. The number of amides is 1. The topological polar surface area (TPSA) is 62.2 Å². The lowest BCUT2D eigenvalue weighted by atomic mass is 10.0. The molecule has 2 heterocycles. The van der Waals surface area contributed by atoms with Gasteiger partial charge in [-0.15, -0.1) is 0 Å². The van der Waals surface area contributed by atoms with Gasteiger partial charge in [-0.1, -0.05) is 6.07 Å². The first-order chi connectivity index (χ1) is 6.29. The van der Waals surface area contributed by atoms with Crippen molar-refractivity contribution in [2.75, 3.05) is 6.54 Å². The highest BCUT2D eigenvalue weighted by Gasteiger charge is 2.34. The highest BCUT2D eigenvalue weighted by atomic mass is 16.3. The van der Waals surface area contributed by atoms with Crippen LogP contribution in [-0.2, 0) is 4.79 Å². The third-order valence-electron chi connectivity index (χ3n) is 2.21. The first-order valence-corrected chi connectivity index (χ1v) is 4.16. The normalized spacial score (nSPS) is 27.3. The van der Waals surface area contributed by atoms with E-state index in [1.54, 1.807) is 12.3 Å². The number of nitrogens with one attached hydrogen (secondary N) is 1. The van der Waals surface area contributed by atoms with Crippen LogP contribution in [0.5, 0.6) is 0 Å². The van der Waals surface area contributed by atoms with Gasteiger partial charge >= 0.3 is 0 Å². The van der Waals surface area contributed by atoms with Crippen LogP contribution in [0.2, 0.25) is 0 Å². The smallest absolute Gasteiger partial charge is 0.249 e. The summed E-state index contributed by atoms with van der Waals surface area (Å²) in [6.45, 7) is 0.469. The molecule has 1 saturated heterocycles. The van der Waals surface area contributed by atoms with Gasteiger partial charge in [-0.05, 0) is 12.1 Å². The summed E-state index contributed by atoms with van der Waals surface area (Å²) >= 11 is 0. The Hall–Kier alpha value is -1.42. The lowest BCUT2D eigenvalue weighted by molar-refractivity contribution is -0.126. The third-order valence-corrected chi connectivity index (χ3v) is 2.21. The first-order valence-electron chi connectivity index (χ1n) is 4.16. The van der Waals surface area contributed by atoms with Gasteiger partial charge in [-0.3, -0.25) is 9.78 Å². The van der Waals surface area contributed by atoms with Crippen LogP contribution in [0.4, 0.5) is 0 Å². The van der Waals surface area contributed by atoms with E-state index >= 15 is 0 Å². The van der Waals surface area contributed by atoms with Crippen LogP contribution < -0.4 is 5.32 Å². The second-order valence-electron chi connectivity index (χ2n) is 3.05. The number of aliphatic hydroxyl groups is 1. The van der Waals surface area contributed by atoms with Gasteiger partial charge in [-0.25, -0.2) is 0 Å². The Morgan fingerprint density at radius 3 is 2.92 bits per heavy atom. The summed E-state index contributed by atoms with van der Waals surface area (Å²) in [6, 6.07) is 5.46. The van der Waals surface area contributed by atoms with Gasteiger partial charge in [-0.2, -0.15) is 0 Å². The number of carbonyl (C=O) groups is 1. The van der Waals surface area contributed by atoms with E-state index in [0.29, 0.717) is 6.54 Å². The van der Waals surface area contributed by atoms with Gasteiger partial charge in [0.15, 0.2) is 0 Å². The van der Waals surface area contributed by atoms with Gasteiger partial charge in [0, 0.05) is 18.4 Å². The number of nitrogens with zero attached hydrogens (tertiary/aromatic N) is 1. The maximum Gasteiger partial charge on any atom is 0.249 e. The Balaban J connectivity index is 2.24. The molecule has 4 heteroatoms. The fourth-order valence-corrected chi connectivity index (χ4v) is 1.47. The third kappa shape index (κ3) is 1.40. The van der Waals surface area contributed by atoms with Crippen LogP contribution in [0.3, 0.4) is 0 Å². The Labute approximate surface area is 75.6 Å². The van der Waals surface area contributed by atoms with Crippen molar-refractivity contribution >= 4 is 5.91 Å². The highest BCUT2D eigenvalue weighted by Crippen LogP contribution is 2.20. The van der Waals surface area contributed by atoms with E-state index in [9.17, 15) is 9.90 Å². The summed E-state index contributed by atoms with van der Waals surface area (Å²) < 4.78 is 0. The molecule has 0 radical (unpaired) electrons. The number of aliphatic hydroxyl groups excluding tert-OH is 1. The fraction of sp³-hybridized carbons (Fsp3) is 0.333. The average Bonchev–Trinajstić information content (AvgIpc) is 2.49. The molecular formula is C9H10N2O2. The zero-order chi connectivity index (χ0) is 9.26. The second-order valence-corrected chi connectivity index (χ2v) is 3.05. The standard InChI is InChI=1S/C9H10N2O2/c12-8-6(5-11-9(8)13)7-3-1-2-4-10-7/h1-4,6,8,12H,5H2,(H,11,13). The van der Waals surface area contributed by atoms with E-state index in [4.69, 9.17) is 0 Å². The molecule has 2 N–H and O–H groups in total. The van der Waals surface area contributed by atoms with Crippen molar-refractivity contribution < 1.29 is 9.90 Å². The molecule has 0 bridgehead atoms. The van der Waals surface area contributed by atoms with Gasteiger partial charge in [0.2, 0.25) is 5.91 Å². The summed E-state index contributed by atoms with van der Waals surface area (Å²) in [5.41, 5.74) is 0.758. The van der Waals surface area contributed by atoms with E-state index in [1.807, 2.05) is 12.1 Å². The lowest BCUT2D eigenvalue weighted by Crippen LogP contribution is -2.24. The van der Waals surface area contributed by atoms with E-state index in [2.05, 4.69) is 10.3 Å². The molecule has 1 aliphatic heterocycles. The SMILES string of the molecule is O=C1NCC(c2ccccn2)C1O. The number of rotatable bonds is 1. The van der Waals surface area contributed by atoms with Crippen LogP contribution in [0, 0.1) is 0 Å². The molecule has 0 aromatic carbocycles. The summed E-state index contributed by atoms with van der Waals surface area (Å²) in [4.78, 5) is 15.1. The Kier molecular flexibility index (Phi) is 1.98. The molecule has 1 amide bonds. The van der Waals surface area contributed by atoms with Crippen molar-refractivity contribution in [2.24, 2.45) is 0 Å². The molecule has 0 spiro atoms. The van der Waals surface area contributed by atoms with Gasteiger partial charge < -0.3 is 10.4 Å². The predicted molar refractivity (Wildman–Crippen MR) is 46.0 cm³/mol. The average molecular weight is 178 g/mol. The van der Waals surface area contributed by atoms with Crippen LogP contribution in [-0.4, -0.2) is 28.6 Å². The zero-order valence-corrected chi connectivity index (χ0v) is 6.97. The van der Waals surface area contributed by atoms with E-state index < -0.39 is 6.10 Å². The van der Waals surface area contributed by atoms with Crippen molar-refractivity contribution in [1.29, 1.82) is 0 Å². The number of hydrogen-bond acceptors (Lipinski definition) is 3. The summed E-state index contributed by atoms with van der Waals surface area (Å²) in [5.74, 6) is -0.510. The van der Waals surface area contributed by atoms with Crippen molar-refractivity contribution in [3.63, 3.8) is 0 Å². The molecule has 1 aliphatic rings. The molecular weight excluding hydrogens is 168 g/mol. The zero-order valence-electron chi connectivity index (χ0n) is 6.97. The van der Waals surface area contributed by atoms with Crippen molar-refractivity contribution in [2.45, 2.75) is 12.0 Å². The Morgan fingerprint density at radius 2 is 2.38 bits per heavy atom. The molecule has 2 unspecified atom stereocenters. The molecule has 13 heavy (non-hydrogen) atoms. The summed E-state index contributed by atoms with van der Waals surface area (Å²) in [7, 11) is 0. The number of carbonyl (C=O) groups excluding carboxylic acids is 1. The van der Waals surface area contributed by atoms with Gasteiger partial charge in [0.1, 0.15) is 6.10 Å². The van der Waals surface area contributed by atoms with Crippen molar-refractivity contribution in [3.8, 4) is 0 Å². The Morgan fingerprint density at radius 1 is 1.54 bits per heavy atom. The quantitative estimate of drug-likeness (QED) is 0.618. The number of hydrogen-bond donors (Lipinski definition) is 2. The highest BCUT2D eigenvalue weighted by molar-refractivity contribution is 5.84. The predicted octanol–water partition coefficient (Wildman–Crippen LogP) is -0.344. The lowest BCUT2D eigenvalue weighted by Gasteiger charge is -2.09. The molecule has 1 fully saturated rings. The monoisotopic (exact) mass is 178 g/mol. The molecule has 2 rings (SSSR count). The minimum Gasteiger partial charge on any atom is -0.382 e. The molecule has 0 saturated carbocycles. The molecule has 1 aromatic heterocycles. The minimum absolute atomic E-state index is 0.200. The molecule has 4 nitrogen and oxygen atoms in total. The van der Waals surface area contributed by atoms with Gasteiger partial charge in [0.05, 0.1) is 5.92 Å². The fourth-order valence-electron chi connectivity index (χ4n) is 1.47. The number of aromatic nitrogens is 1. The summed E-state index contributed by atoms with van der Waals surface area (Å²) in [5, 5.41) is 12.0. The van der Waals surface area contributed by atoms with E-state index in [0.717, 1.165) is 5.69 Å². The van der Waals surface area contributed by atoms with Crippen LogP contribution in [0.1, 0.15) is 11.6 Å². The van der Waals surface area contributed by atoms with Crippen molar-refractivity contribution in [3.05, 3.63) is 30.1 Å². The molecule has 2 atom stereocenters. The number of pyridine rings is 1. The Bertz CT molecular complexity index is 313. The van der Waals surface area contributed by atoms with Crippen LogP contribution in [0.15, 0.2) is 24.4 Å². The molecule has 68 valence electrons. The molecule has 1 aromatic rings. The first kappa shape index (κ1) is 8.19.